The van der Waals surface area contributed by atoms with Gasteiger partial charge in [-0.05, 0) is 75.4 Å². The molecule has 0 saturated carbocycles. The van der Waals surface area contributed by atoms with Crippen molar-refractivity contribution in [3.63, 3.8) is 0 Å². The molecule has 0 aliphatic carbocycles. The predicted octanol–water partition coefficient (Wildman–Crippen LogP) is 1.91. The van der Waals surface area contributed by atoms with Crippen molar-refractivity contribution in [3.05, 3.63) is 182 Å². The van der Waals surface area contributed by atoms with Crippen LogP contribution in [0.1, 0.15) is 27.7 Å². The molecular formula is C44H42O8P2Pt. The molecule has 0 fully saturated rings. The molecule has 286 valence electrons. The van der Waals surface area contributed by atoms with E-state index in [9.17, 15) is 0 Å². The Morgan fingerprint density at radius 2 is 0.382 bits per heavy atom. The summed E-state index contributed by atoms with van der Waals surface area (Å²) < 4.78 is 0. The van der Waals surface area contributed by atoms with Gasteiger partial charge in [0.05, 0.1) is 0 Å². The van der Waals surface area contributed by atoms with E-state index in [1.807, 2.05) is 0 Å². The molecule has 0 saturated heterocycles. The van der Waals surface area contributed by atoms with Crippen LogP contribution in [0.3, 0.4) is 0 Å². The number of carbonyl (C=O) groups is 4. The number of carbonyl (C=O) groups excluding carboxylic acids is 4. The van der Waals surface area contributed by atoms with E-state index < -0.39 is 39.7 Å². The van der Waals surface area contributed by atoms with Gasteiger partial charge in [0.25, 0.3) is 0 Å². The first-order valence-corrected chi connectivity index (χ1v) is 19.1. The third kappa shape index (κ3) is 23.9. The molecule has 0 spiro atoms. The van der Waals surface area contributed by atoms with Gasteiger partial charge in [0.15, 0.2) is 0 Å². The minimum Gasteiger partial charge on any atom is -0.550 e. The third-order valence-corrected chi connectivity index (χ3v) is 11.0. The second-order valence-corrected chi connectivity index (χ2v) is 15.1. The van der Waals surface area contributed by atoms with E-state index in [2.05, 4.69) is 182 Å². The van der Waals surface area contributed by atoms with Gasteiger partial charge >= 0.3 is 21.1 Å². The summed E-state index contributed by atoms with van der Waals surface area (Å²) in [6, 6.07) is 64.7. The molecule has 0 N–H and O–H groups in total. The summed E-state index contributed by atoms with van der Waals surface area (Å²) in [5.74, 6) is -4.33. The molecule has 0 atom stereocenters. The van der Waals surface area contributed by atoms with Crippen molar-refractivity contribution in [1.29, 1.82) is 0 Å². The number of rotatable bonds is 6. The minimum absolute atomic E-state index is 0. The number of hydrogen-bond donors (Lipinski definition) is 0. The van der Waals surface area contributed by atoms with Crippen molar-refractivity contribution in [2.24, 2.45) is 0 Å². The van der Waals surface area contributed by atoms with E-state index in [1.54, 1.807) is 0 Å². The molecule has 0 radical (unpaired) electrons. The van der Waals surface area contributed by atoms with Crippen molar-refractivity contribution < 1.29 is 60.7 Å². The van der Waals surface area contributed by atoms with Gasteiger partial charge in [-0.2, -0.15) is 0 Å². The molecule has 8 nitrogen and oxygen atoms in total. The number of aliphatic carboxylic acids is 4. The van der Waals surface area contributed by atoms with Crippen LogP contribution in [-0.2, 0) is 40.2 Å². The van der Waals surface area contributed by atoms with Gasteiger partial charge in [-0.3, -0.25) is 0 Å². The first-order valence-electron chi connectivity index (χ1n) is 16.4. The van der Waals surface area contributed by atoms with Gasteiger partial charge in [0, 0.05) is 23.9 Å². The SMILES string of the molecule is CC(=O)[O-].CC(=O)[O-].CC(=O)[O-].CC(=O)[O-].[Pt+4].c1ccc(P(c2ccccc2)c2ccccc2)cc1.c1ccc(P(c2ccccc2)c2ccccc2)cc1. The maximum atomic E-state index is 8.89. The summed E-state index contributed by atoms with van der Waals surface area (Å²) >= 11 is 0. The van der Waals surface area contributed by atoms with Gasteiger partial charge in [-0.25, -0.2) is 0 Å². The Morgan fingerprint density at radius 3 is 0.473 bits per heavy atom. The number of carboxylic acid groups (broad SMARTS) is 4. The molecule has 0 aromatic heterocycles. The standard InChI is InChI=1S/2C18H15P.4C2H4O2.Pt/c2*1-4-10-16(11-5-1)19(17-12-6-2-7-13-17)18-14-8-3-9-15-18;4*1-2(3)4;/h2*1-15H;4*1H3,(H,3,4);/q;;;;;;+4/p-4. The van der Waals surface area contributed by atoms with E-state index in [0.717, 1.165) is 27.7 Å². The van der Waals surface area contributed by atoms with Crippen molar-refractivity contribution in [3.8, 4) is 0 Å². The molecule has 6 aromatic carbocycles. The Kier molecular flexibility index (Phi) is 27.2. The van der Waals surface area contributed by atoms with Crippen molar-refractivity contribution in [1.82, 2.24) is 0 Å². The molecule has 0 aliphatic heterocycles. The van der Waals surface area contributed by atoms with Crippen LogP contribution < -0.4 is 52.3 Å². The van der Waals surface area contributed by atoms with Crippen LogP contribution in [0.4, 0.5) is 0 Å². The zero-order chi connectivity index (χ0) is 40.1. The zero-order valence-corrected chi connectivity index (χ0v) is 34.9. The summed E-state index contributed by atoms with van der Waals surface area (Å²) in [7, 11) is -0.892. The van der Waals surface area contributed by atoms with Crippen LogP contribution in [0, 0.1) is 0 Å². The number of hydrogen-bond acceptors (Lipinski definition) is 8. The first-order chi connectivity index (χ1) is 25.8. The Labute approximate surface area is 340 Å². The Bertz CT molecular complexity index is 1530. The summed E-state index contributed by atoms with van der Waals surface area (Å²) in [6.07, 6.45) is 0. The fraction of sp³-hybridized carbons (Fsp3) is 0.0909. The molecule has 0 aliphatic rings. The molecule has 6 rings (SSSR count). The van der Waals surface area contributed by atoms with Gasteiger partial charge in [0.1, 0.15) is 0 Å². The van der Waals surface area contributed by atoms with E-state index >= 15 is 0 Å². The molecular weight excluding hydrogens is 914 g/mol. The largest absolute Gasteiger partial charge is 4.00 e. The Hall–Kier alpha value is -5.25. The molecule has 0 unspecified atom stereocenters. The summed E-state index contributed by atoms with van der Waals surface area (Å²) in [4.78, 5) is 35.6. The first kappa shape index (κ1) is 49.7. The number of carboxylic acids is 4. The molecule has 11 heteroatoms. The van der Waals surface area contributed by atoms with Crippen LogP contribution in [0.5, 0.6) is 0 Å². The molecule has 0 amide bonds. The Balaban J connectivity index is 0.000000757. The topological polar surface area (TPSA) is 161 Å². The van der Waals surface area contributed by atoms with Gasteiger partial charge in [-0.15, -0.1) is 0 Å². The summed E-state index contributed by atoms with van der Waals surface area (Å²) in [5.41, 5.74) is 0. The zero-order valence-electron chi connectivity index (χ0n) is 30.8. The van der Waals surface area contributed by atoms with Gasteiger partial charge in [0.2, 0.25) is 0 Å². The quantitative estimate of drug-likeness (QED) is 0.229. The van der Waals surface area contributed by atoms with Crippen LogP contribution >= 0.6 is 15.8 Å². The molecule has 0 heterocycles. The van der Waals surface area contributed by atoms with Crippen molar-refractivity contribution in [2.75, 3.05) is 0 Å². The van der Waals surface area contributed by atoms with Gasteiger partial charge < -0.3 is 39.6 Å². The smallest absolute Gasteiger partial charge is 0.550 e. The maximum Gasteiger partial charge on any atom is 4.00 e. The van der Waals surface area contributed by atoms with Crippen molar-refractivity contribution in [2.45, 2.75) is 27.7 Å². The average Bonchev–Trinajstić information content (AvgIpc) is 3.14. The van der Waals surface area contributed by atoms with E-state index in [4.69, 9.17) is 39.6 Å². The third-order valence-electron chi connectivity index (χ3n) is 6.09. The van der Waals surface area contributed by atoms with Crippen LogP contribution in [-0.4, -0.2) is 23.9 Å². The molecule has 6 aromatic rings. The van der Waals surface area contributed by atoms with Crippen LogP contribution in [0.15, 0.2) is 182 Å². The average molecular weight is 956 g/mol. The monoisotopic (exact) mass is 955 g/mol. The minimum atomic E-state index is -1.08. The van der Waals surface area contributed by atoms with E-state index in [1.165, 1.54) is 31.8 Å². The summed E-state index contributed by atoms with van der Waals surface area (Å²) in [5, 5.41) is 43.9. The molecule has 0 bridgehead atoms. The second kappa shape index (κ2) is 30.1. The predicted molar refractivity (Wildman–Crippen MR) is 213 cm³/mol. The van der Waals surface area contributed by atoms with Crippen LogP contribution in [0.2, 0.25) is 0 Å². The van der Waals surface area contributed by atoms with E-state index in [-0.39, 0.29) is 21.1 Å². The maximum absolute atomic E-state index is 8.89. The second-order valence-electron chi connectivity index (χ2n) is 10.7. The van der Waals surface area contributed by atoms with Crippen molar-refractivity contribution >= 4 is 71.5 Å². The Morgan fingerprint density at radius 1 is 0.291 bits per heavy atom. The fourth-order valence-corrected chi connectivity index (χ4v) is 8.97. The number of benzene rings is 6. The van der Waals surface area contributed by atoms with Gasteiger partial charge in [-0.1, -0.05) is 182 Å². The fourth-order valence-electron chi connectivity index (χ4n) is 4.36. The van der Waals surface area contributed by atoms with E-state index in [0.29, 0.717) is 0 Å². The van der Waals surface area contributed by atoms with Crippen LogP contribution in [0.25, 0.3) is 0 Å². The summed E-state index contributed by atoms with van der Waals surface area (Å²) in [6.45, 7) is 3.89. The normalized spacial score (nSPS) is 9.13. The molecule has 55 heavy (non-hydrogen) atoms.